The molecular weight excluding hydrogens is 322 g/mol. The summed E-state index contributed by atoms with van der Waals surface area (Å²) < 4.78 is 4.62. The van der Waals surface area contributed by atoms with Crippen LogP contribution in [-0.4, -0.2) is 47.9 Å². The minimum atomic E-state index is -0.989. The second kappa shape index (κ2) is 6.37. The van der Waals surface area contributed by atoms with Gasteiger partial charge in [0.05, 0.1) is 12.8 Å². The molecule has 0 aromatic carbocycles. The maximum atomic E-state index is 12.2. The molecule has 1 aliphatic heterocycles. The molecule has 0 spiro atoms. The van der Waals surface area contributed by atoms with E-state index in [1.54, 1.807) is 25.3 Å². The van der Waals surface area contributed by atoms with Crippen LogP contribution in [0.1, 0.15) is 29.9 Å². The van der Waals surface area contributed by atoms with Gasteiger partial charge in [-0.05, 0) is 24.8 Å². The normalized spacial score (nSPS) is 20.4. The van der Waals surface area contributed by atoms with Crippen molar-refractivity contribution in [3.63, 3.8) is 0 Å². The second-order valence-corrected chi connectivity index (χ2v) is 6.13. The number of methoxy groups -OCH3 is 1. The lowest BCUT2D eigenvalue weighted by atomic mass is 9.99. The number of carbonyl (C=O) groups excluding carboxylic acids is 4. The Morgan fingerprint density at radius 1 is 1.43 bits per heavy atom. The van der Waals surface area contributed by atoms with Gasteiger partial charge in [-0.1, -0.05) is 6.92 Å². The van der Waals surface area contributed by atoms with Crippen molar-refractivity contribution in [2.75, 3.05) is 19.0 Å². The highest BCUT2D eigenvalue weighted by Gasteiger charge is 2.47. The monoisotopic (exact) mass is 339 g/mol. The maximum absolute atomic E-state index is 12.2. The number of thiophene rings is 1. The van der Waals surface area contributed by atoms with Crippen molar-refractivity contribution in [3.05, 3.63) is 16.3 Å². The fourth-order valence-electron chi connectivity index (χ4n) is 2.12. The molecule has 4 amide bonds. The minimum absolute atomic E-state index is 0.247. The van der Waals surface area contributed by atoms with Crippen LogP contribution in [0.3, 0.4) is 0 Å². The number of hydrogen-bond donors (Lipinski definition) is 2. The lowest BCUT2D eigenvalue weighted by molar-refractivity contribution is -0.133. The van der Waals surface area contributed by atoms with Gasteiger partial charge >= 0.3 is 12.0 Å². The summed E-state index contributed by atoms with van der Waals surface area (Å²) in [5, 5.41) is 6.71. The van der Waals surface area contributed by atoms with Crippen molar-refractivity contribution in [2.24, 2.45) is 0 Å². The molecular formula is C14H17N3O5S. The number of carbonyl (C=O) groups is 4. The smallest absolute Gasteiger partial charge is 0.350 e. The fraction of sp³-hybridized carbons (Fsp3) is 0.429. The number of ether oxygens (including phenoxy) is 1. The number of imide groups is 1. The van der Waals surface area contributed by atoms with Crippen LogP contribution in [0.15, 0.2) is 11.4 Å². The maximum Gasteiger partial charge on any atom is 0.350 e. The summed E-state index contributed by atoms with van der Waals surface area (Å²) in [6, 6.07) is 0.949. The predicted molar refractivity (Wildman–Crippen MR) is 83.2 cm³/mol. The molecule has 1 aromatic rings. The van der Waals surface area contributed by atoms with Gasteiger partial charge in [0.1, 0.15) is 17.0 Å². The Hall–Kier alpha value is -2.42. The first-order chi connectivity index (χ1) is 10.8. The van der Waals surface area contributed by atoms with Gasteiger partial charge in [0.2, 0.25) is 5.91 Å². The standard InChI is InChI=1S/C14H17N3O5S/c1-4-14(2)12(20)17(13(21)16-14)7-9(18)15-8-5-6-23-10(8)11(19)22-3/h5-6H,4,7H2,1-3H3,(H,15,18)(H,16,21). The summed E-state index contributed by atoms with van der Waals surface area (Å²) in [5.41, 5.74) is -0.700. The molecule has 2 N–H and O–H groups in total. The molecule has 1 aliphatic rings. The average Bonchev–Trinajstić information content (AvgIpc) is 3.05. The molecule has 2 rings (SSSR count). The molecule has 0 saturated carbocycles. The summed E-state index contributed by atoms with van der Waals surface area (Å²) in [6.45, 7) is 2.96. The number of nitrogens with zero attached hydrogens (tertiary/aromatic N) is 1. The molecule has 9 heteroatoms. The van der Waals surface area contributed by atoms with E-state index in [0.29, 0.717) is 6.42 Å². The van der Waals surface area contributed by atoms with Gasteiger partial charge in [-0.3, -0.25) is 14.5 Å². The van der Waals surface area contributed by atoms with Crippen molar-refractivity contribution in [1.82, 2.24) is 10.2 Å². The molecule has 23 heavy (non-hydrogen) atoms. The molecule has 124 valence electrons. The molecule has 1 atom stereocenters. The first kappa shape index (κ1) is 16.9. The van der Waals surface area contributed by atoms with Gasteiger partial charge in [0.15, 0.2) is 0 Å². The predicted octanol–water partition coefficient (Wildman–Crippen LogP) is 1.19. The Kier molecular flexibility index (Phi) is 4.69. The number of hydrogen-bond acceptors (Lipinski definition) is 6. The van der Waals surface area contributed by atoms with E-state index in [0.717, 1.165) is 16.2 Å². The van der Waals surface area contributed by atoms with Gasteiger partial charge in [0.25, 0.3) is 5.91 Å². The molecule has 2 heterocycles. The first-order valence-corrected chi connectivity index (χ1v) is 7.80. The number of rotatable bonds is 5. The molecule has 0 radical (unpaired) electrons. The Morgan fingerprint density at radius 2 is 2.13 bits per heavy atom. The van der Waals surface area contributed by atoms with Crippen LogP contribution in [0, 0.1) is 0 Å². The molecule has 1 unspecified atom stereocenters. The number of esters is 1. The van der Waals surface area contributed by atoms with Crippen LogP contribution in [0.4, 0.5) is 10.5 Å². The van der Waals surface area contributed by atoms with Crippen molar-refractivity contribution in [2.45, 2.75) is 25.8 Å². The van der Waals surface area contributed by atoms with Crippen LogP contribution in [0.5, 0.6) is 0 Å². The second-order valence-electron chi connectivity index (χ2n) is 5.21. The van der Waals surface area contributed by atoms with Crippen LogP contribution < -0.4 is 10.6 Å². The van der Waals surface area contributed by atoms with Crippen molar-refractivity contribution in [3.8, 4) is 0 Å². The Labute approximate surface area is 136 Å². The lowest BCUT2D eigenvalue weighted by Gasteiger charge is -2.19. The van der Waals surface area contributed by atoms with E-state index in [9.17, 15) is 19.2 Å². The summed E-state index contributed by atoms with van der Waals surface area (Å²) in [6.07, 6.45) is 0.423. The van der Waals surface area contributed by atoms with E-state index in [1.165, 1.54) is 7.11 Å². The van der Waals surface area contributed by atoms with E-state index in [4.69, 9.17) is 0 Å². The Balaban J connectivity index is 2.06. The summed E-state index contributed by atoms with van der Waals surface area (Å²) >= 11 is 1.12. The first-order valence-electron chi connectivity index (χ1n) is 6.92. The van der Waals surface area contributed by atoms with Crippen molar-refractivity contribution >= 4 is 40.8 Å². The van der Waals surface area contributed by atoms with Gasteiger partial charge in [-0.25, -0.2) is 9.59 Å². The number of nitrogens with one attached hydrogen (secondary N) is 2. The van der Waals surface area contributed by atoms with Crippen LogP contribution in [-0.2, 0) is 14.3 Å². The quantitative estimate of drug-likeness (QED) is 0.619. The van der Waals surface area contributed by atoms with Crippen LogP contribution in [0.25, 0.3) is 0 Å². The van der Waals surface area contributed by atoms with Gasteiger partial charge < -0.3 is 15.4 Å². The van der Waals surface area contributed by atoms with E-state index < -0.39 is 35.9 Å². The third-order valence-corrected chi connectivity index (χ3v) is 4.56. The SMILES string of the molecule is CCC1(C)NC(=O)N(CC(=O)Nc2ccsc2C(=O)OC)C1=O. The highest BCUT2D eigenvalue weighted by atomic mass is 32.1. The fourth-order valence-corrected chi connectivity index (χ4v) is 2.89. The number of anilines is 1. The van der Waals surface area contributed by atoms with Crippen LogP contribution >= 0.6 is 11.3 Å². The Bertz CT molecular complexity index is 671. The highest BCUT2D eigenvalue weighted by Crippen LogP contribution is 2.24. The number of urea groups is 1. The largest absolute Gasteiger partial charge is 0.465 e. The van der Waals surface area contributed by atoms with Crippen LogP contribution in [0.2, 0.25) is 0 Å². The Morgan fingerprint density at radius 3 is 2.70 bits per heavy atom. The molecule has 0 aliphatic carbocycles. The zero-order valence-corrected chi connectivity index (χ0v) is 13.8. The third-order valence-electron chi connectivity index (χ3n) is 3.66. The third kappa shape index (κ3) is 3.19. The summed E-state index contributed by atoms with van der Waals surface area (Å²) in [5.74, 6) is -1.58. The van der Waals surface area contributed by atoms with Gasteiger partial charge in [-0.2, -0.15) is 0 Å². The lowest BCUT2D eigenvalue weighted by Crippen LogP contribution is -2.44. The molecule has 8 nitrogen and oxygen atoms in total. The summed E-state index contributed by atoms with van der Waals surface area (Å²) in [7, 11) is 1.24. The van der Waals surface area contributed by atoms with E-state index >= 15 is 0 Å². The van der Waals surface area contributed by atoms with Crippen molar-refractivity contribution in [1.29, 1.82) is 0 Å². The molecule has 1 saturated heterocycles. The zero-order valence-electron chi connectivity index (χ0n) is 13.0. The highest BCUT2D eigenvalue weighted by molar-refractivity contribution is 7.12. The number of amides is 4. The zero-order chi connectivity index (χ0) is 17.2. The molecule has 1 aromatic heterocycles. The van der Waals surface area contributed by atoms with E-state index in [-0.39, 0.29) is 10.6 Å². The van der Waals surface area contributed by atoms with E-state index in [2.05, 4.69) is 15.4 Å². The molecule has 0 bridgehead atoms. The topological polar surface area (TPSA) is 105 Å². The summed E-state index contributed by atoms with van der Waals surface area (Å²) in [4.78, 5) is 48.8. The van der Waals surface area contributed by atoms with Gasteiger partial charge in [0, 0.05) is 0 Å². The average molecular weight is 339 g/mol. The minimum Gasteiger partial charge on any atom is -0.465 e. The van der Waals surface area contributed by atoms with E-state index in [1.807, 2.05) is 0 Å². The van der Waals surface area contributed by atoms with Crippen molar-refractivity contribution < 1.29 is 23.9 Å². The van der Waals surface area contributed by atoms with Gasteiger partial charge in [-0.15, -0.1) is 11.3 Å². The molecule has 1 fully saturated rings.